The molecule has 33 heavy (non-hydrogen) atoms. The number of amides is 1. The Hall–Kier alpha value is -3.39. The number of phenols is 1. The number of likely N-dealkylation sites (N-methyl/N-ethyl adjacent to an activating group) is 1. The van der Waals surface area contributed by atoms with E-state index in [1.54, 1.807) is 12.1 Å². The molecule has 2 aromatic carbocycles. The van der Waals surface area contributed by atoms with E-state index in [1.165, 1.54) is 5.56 Å². The number of primary amides is 1. The summed E-state index contributed by atoms with van der Waals surface area (Å²) in [4.78, 5) is 30.8. The minimum atomic E-state index is -0.685. The minimum Gasteiger partial charge on any atom is -0.508 e. The summed E-state index contributed by atoms with van der Waals surface area (Å²) in [6.07, 6.45) is 5.52. The number of hydrogen-bond donors (Lipinski definition) is 3. The van der Waals surface area contributed by atoms with Crippen molar-refractivity contribution in [2.75, 3.05) is 20.2 Å². The maximum absolute atomic E-state index is 10.4. The van der Waals surface area contributed by atoms with Crippen LogP contribution in [0.5, 0.6) is 11.5 Å². The first-order valence-corrected chi connectivity index (χ1v) is 10.8. The summed E-state index contributed by atoms with van der Waals surface area (Å²) < 4.78 is 5.44. The molecule has 0 aromatic heterocycles. The van der Waals surface area contributed by atoms with E-state index >= 15 is 0 Å². The van der Waals surface area contributed by atoms with E-state index in [2.05, 4.69) is 5.73 Å². The van der Waals surface area contributed by atoms with Gasteiger partial charge in [-0.15, -0.1) is 0 Å². The molecular weight excluding hydrogens is 424 g/mol. The number of phenolic OH excluding ortho intramolecular Hbond substituents is 1. The normalized spacial score (nSPS) is 14.2. The third-order valence-electron chi connectivity index (χ3n) is 4.57. The SMILES string of the molecule is CN1CCCC1C(=O)O.Cc1ccc(O)cc1.NC=O.O=CCCCCOc1ccccc1. The Kier molecular flexibility index (Phi) is 17.3. The van der Waals surface area contributed by atoms with Gasteiger partial charge in [-0.05, 0) is 70.5 Å². The molecule has 0 radical (unpaired) electrons. The van der Waals surface area contributed by atoms with Crippen LogP contribution in [-0.4, -0.2) is 60.0 Å². The first-order valence-electron chi connectivity index (χ1n) is 10.8. The Morgan fingerprint density at radius 3 is 2.15 bits per heavy atom. The molecule has 4 N–H and O–H groups in total. The Labute approximate surface area is 196 Å². The van der Waals surface area contributed by atoms with Crippen molar-refractivity contribution < 1.29 is 29.3 Å². The Morgan fingerprint density at radius 2 is 1.73 bits per heavy atom. The fraction of sp³-hybridized carbons (Fsp3) is 0.400. The van der Waals surface area contributed by atoms with Crippen LogP contribution in [-0.2, 0) is 14.4 Å². The Balaban J connectivity index is 0.000000452. The predicted molar refractivity (Wildman–Crippen MR) is 128 cm³/mol. The second-order valence-corrected chi connectivity index (χ2v) is 7.27. The molecule has 3 rings (SSSR count). The van der Waals surface area contributed by atoms with Gasteiger partial charge in [0.05, 0.1) is 6.61 Å². The molecule has 1 atom stereocenters. The number of hydrogen-bond acceptors (Lipinski definition) is 6. The second kappa shape index (κ2) is 19.3. The lowest BCUT2D eigenvalue weighted by Crippen LogP contribution is -2.32. The number of carbonyl (C=O) groups excluding carboxylic acids is 2. The van der Waals surface area contributed by atoms with Crippen molar-refractivity contribution in [3.63, 3.8) is 0 Å². The molecule has 1 heterocycles. The lowest BCUT2D eigenvalue weighted by atomic mass is 10.2. The highest BCUT2D eigenvalue weighted by Crippen LogP contribution is 2.14. The Morgan fingerprint density at radius 1 is 1.12 bits per heavy atom. The topological polar surface area (TPSA) is 130 Å². The number of carboxylic acid groups (broad SMARTS) is 1. The molecule has 1 saturated heterocycles. The molecule has 1 aliphatic rings. The maximum atomic E-state index is 10.4. The zero-order valence-electron chi connectivity index (χ0n) is 19.4. The molecule has 0 spiro atoms. The molecule has 1 unspecified atom stereocenters. The number of aldehydes is 1. The summed E-state index contributed by atoms with van der Waals surface area (Å²) in [7, 11) is 1.85. The van der Waals surface area contributed by atoms with E-state index in [-0.39, 0.29) is 12.5 Å². The van der Waals surface area contributed by atoms with Gasteiger partial charge in [0.2, 0.25) is 6.41 Å². The largest absolute Gasteiger partial charge is 0.508 e. The van der Waals surface area contributed by atoms with E-state index in [0.717, 1.165) is 44.3 Å². The summed E-state index contributed by atoms with van der Waals surface area (Å²) in [5, 5.41) is 17.3. The highest BCUT2D eigenvalue weighted by atomic mass is 16.5. The number of ether oxygens (including phenoxy) is 1. The first-order chi connectivity index (χ1) is 15.8. The molecule has 0 aliphatic carbocycles. The average Bonchev–Trinajstić information content (AvgIpc) is 3.24. The zero-order chi connectivity index (χ0) is 24.9. The van der Waals surface area contributed by atoms with Crippen molar-refractivity contribution in [1.29, 1.82) is 0 Å². The quantitative estimate of drug-likeness (QED) is 0.426. The fourth-order valence-corrected chi connectivity index (χ4v) is 2.80. The number of benzene rings is 2. The number of nitrogens with two attached hydrogens (primary N) is 1. The molecule has 0 saturated carbocycles. The van der Waals surface area contributed by atoms with Gasteiger partial charge in [0.1, 0.15) is 23.8 Å². The van der Waals surface area contributed by atoms with Crippen LogP contribution in [0.15, 0.2) is 54.6 Å². The van der Waals surface area contributed by atoms with Crippen LogP contribution < -0.4 is 10.5 Å². The third-order valence-corrected chi connectivity index (χ3v) is 4.57. The molecule has 1 amide bonds. The molecule has 8 heteroatoms. The highest BCUT2D eigenvalue weighted by molar-refractivity contribution is 5.73. The smallest absolute Gasteiger partial charge is 0.320 e. The number of aromatic hydroxyl groups is 1. The number of aryl methyl sites for hydroxylation is 1. The minimum absolute atomic E-state index is 0.218. The van der Waals surface area contributed by atoms with Crippen LogP contribution in [0.3, 0.4) is 0 Å². The number of unbranched alkanes of at least 4 members (excludes halogenated alkanes) is 2. The van der Waals surface area contributed by atoms with Crippen molar-refractivity contribution in [3.8, 4) is 11.5 Å². The van der Waals surface area contributed by atoms with Crippen molar-refractivity contribution in [3.05, 3.63) is 60.2 Å². The van der Waals surface area contributed by atoms with Gasteiger partial charge in [0, 0.05) is 6.42 Å². The van der Waals surface area contributed by atoms with Gasteiger partial charge in [-0.1, -0.05) is 35.9 Å². The van der Waals surface area contributed by atoms with Gasteiger partial charge in [0.15, 0.2) is 0 Å². The van der Waals surface area contributed by atoms with Gasteiger partial charge in [0.25, 0.3) is 0 Å². The molecule has 8 nitrogen and oxygen atoms in total. The second-order valence-electron chi connectivity index (χ2n) is 7.27. The summed E-state index contributed by atoms with van der Waals surface area (Å²) in [5.41, 5.74) is 5.34. The maximum Gasteiger partial charge on any atom is 0.320 e. The van der Waals surface area contributed by atoms with Crippen LogP contribution in [0.25, 0.3) is 0 Å². The van der Waals surface area contributed by atoms with Gasteiger partial charge >= 0.3 is 5.97 Å². The van der Waals surface area contributed by atoms with Gasteiger partial charge in [-0.25, -0.2) is 0 Å². The molecule has 182 valence electrons. The number of carbonyl (C=O) groups is 3. The fourth-order valence-electron chi connectivity index (χ4n) is 2.80. The van der Waals surface area contributed by atoms with Crippen molar-refractivity contribution >= 4 is 18.7 Å². The Bertz CT molecular complexity index is 747. The number of likely N-dealkylation sites (tertiary alicyclic amines) is 1. The van der Waals surface area contributed by atoms with E-state index in [4.69, 9.17) is 19.7 Å². The first kappa shape index (κ1) is 29.6. The van der Waals surface area contributed by atoms with E-state index in [9.17, 15) is 9.59 Å². The average molecular weight is 461 g/mol. The summed E-state index contributed by atoms with van der Waals surface area (Å²) in [6, 6.07) is 16.6. The van der Waals surface area contributed by atoms with Gasteiger partial charge in [-0.3, -0.25) is 14.5 Å². The van der Waals surface area contributed by atoms with E-state index in [1.807, 2.05) is 61.3 Å². The summed E-state index contributed by atoms with van der Waals surface area (Å²) in [5.74, 6) is 0.541. The summed E-state index contributed by atoms with van der Waals surface area (Å²) >= 11 is 0. The number of carboxylic acids is 1. The van der Waals surface area contributed by atoms with E-state index in [0.29, 0.717) is 18.8 Å². The van der Waals surface area contributed by atoms with Crippen molar-refractivity contribution in [2.45, 2.75) is 45.1 Å². The zero-order valence-corrected chi connectivity index (χ0v) is 19.4. The lowest BCUT2D eigenvalue weighted by Gasteiger charge is -2.13. The molecule has 0 bridgehead atoms. The van der Waals surface area contributed by atoms with Gasteiger partial charge in [-0.2, -0.15) is 0 Å². The molecule has 1 aliphatic heterocycles. The molecule has 2 aromatic rings. The van der Waals surface area contributed by atoms with Crippen LogP contribution in [0.4, 0.5) is 0 Å². The van der Waals surface area contributed by atoms with Crippen molar-refractivity contribution in [2.24, 2.45) is 5.73 Å². The lowest BCUT2D eigenvalue weighted by molar-refractivity contribution is -0.141. The van der Waals surface area contributed by atoms with E-state index < -0.39 is 5.97 Å². The highest BCUT2D eigenvalue weighted by Gasteiger charge is 2.26. The van der Waals surface area contributed by atoms with Crippen LogP contribution >= 0.6 is 0 Å². The summed E-state index contributed by atoms with van der Waals surface area (Å²) in [6.45, 7) is 3.61. The molecular formula is C25H36N2O6. The van der Waals surface area contributed by atoms with Crippen LogP contribution in [0, 0.1) is 6.92 Å². The standard InChI is InChI=1S/C11H14O2.C7H8O.C6H11NO2.CH3NO/c12-9-5-2-6-10-13-11-7-3-1-4-8-11;1-6-2-4-7(8)5-3-6;1-7-4-2-3-5(7)6(8)9;2-1-3/h1,3-4,7-9H,2,5-6,10H2;2-5,8H,1H3;5H,2-4H2,1H3,(H,8,9);1H,(H2,2,3). The number of aliphatic carboxylic acids is 1. The van der Waals surface area contributed by atoms with Crippen LogP contribution in [0.1, 0.15) is 37.7 Å². The predicted octanol–water partition coefficient (Wildman–Crippen LogP) is 3.40. The monoisotopic (exact) mass is 460 g/mol. The number of rotatable bonds is 7. The number of nitrogens with zero attached hydrogens (tertiary/aromatic N) is 1. The van der Waals surface area contributed by atoms with Crippen LogP contribution in [0.2, 0.25) is 0 Å². The molecule has 1 fully saturated rings. The van der Waals surface area contributed by atoms with Crippen molar-refractivity contribution in [1.82, 2.24) is 4.90 Å². The van der Waals surface area contributed by atoms with Gasteiger partial charge < -0.3 is 25.5 Å². The third kappa shape index (κ3) is 16.0. The number of para-hydroxylation sites is 1.